The molecule has 0 spiro atoms. The van der Waals surface area contributed by atoms with Crippen LogP contribution in [0, 0.1) is 0 Å². The van der Waals surface area contributed by atoms with Crippen molar-refractivity contribution in [2.24, 2.45) is 0 Å². The van der Waals surface area contributed by atoms with Gasteiger partial charge in [-0.1, -0.05) is 18.2 Å². The monoisotopic (exact) mass is 361 g/mol. The van der Waals surface area contributed by atoms with E-state index >= 15 is 0 Å². The standard InChI is InChI=1S/C18H23N3O5/c1-25-15-5-3-2-4-13(15)12-21-17(23)14(19-18(21)24)6-7-16(22)20-8-10-26-11-9-20/h2-5,14H,6-12H2,1H3,(H,19,24)/t14-/m1/s1. The molecule has 8 heteroatoms. The summed E-state index contributed by atoms with van der Waals surface area (Å²) in [4.78, 5) is 39.9. The molecule has 3 rings (SSSR count). The van der Waals surface area contributed by atoms with E-state index in [1.165, 1.54) is 4.90 Å². The summed E-state index contributed by atoms with van der Waals surface area (Å²) in [6.45, 7) is 2.37. The SMILES string of the molecule is COc1ccccc1CN1C(=O)N[C@H](CCC(=O)N2CCOCC2)C1=O. The van der Waals surface area contributed by atoms with E-state index in [2.05, 4.69) is 5.32 Å². The lowest BCUT2D eigenvalue weighted by atomic mass is 10.1. The number of hydrogen-bond acceptors (Lipinski definition) is 5. The number of methoxy groups -OCH3 is 1. The van der Waals surface area contributed by atoms with Crippen molar-refractivity contribution >= 4 is 17.8 Å². The van der Waals surface area contributed by atoms with Gasteiger partial charge in [-0.15, -0.1) is 0 Å². The molecule has 1 N–H and O–H groups in total. The smallest absolute Gasteiger partial charge is 0.325 e. The van der Waals surface area contributed by atoms with Crippen molar-refractivity contribution < 1.29 is 23.9 Å². The predicted molar refractivity (Wildman–Crippen MR) is 92.5 cm³/mol. The summed E-state index contributed by atoms with van der Waals surface area (Å²) in [5.74, 6) is 0.299. The van der Waals surface area contributed by atoms with E-state index < -0.39 is 12.1 Å². The molecule has 2 aliphatic rings. The molecule has 2 aliphatic heterocycles. The topological polar surface area (TPSA) is 88.2 Å². The first-order valence-corrected chi connectivity index (χ1v) is 8.69. The molecule has 1 atom stereocenters. The maximum absolute atomic E-state index is 12.6. The summed E-state index contributed by atoms with van der Waals surface area (Å²) >= 11 is 0. The van der Waals surface area contributed by atoms with Gasteiger partial charge in [0.15, 0.2) is 0 Å². The van der Waals surface area contributed by atoms with Crippen LogP contribution in [-0.2, 0) is 20.9 Å². The van der Waals surface area contributed by atoms with Crippen LogP contribution >= 0.6 is 0 Å². The third kappa shape index (κ3) is 3.96. The molecule has 0 aliphatic carbocycles. The Kier molecular flexibility index (Phi) is 5.72. The van der Waals surface area contributed by atoms with Gasteiger partial charge in [0.25, 0.3) is 5.91 Å². The van der Waals surface area contributed by atoms with Crippen LogP contribution in [0.5, 0.6) is 5.75 Å². The molecular weight excluding hydrogens is 338 g/mol. The van der Waals surface area contributed by atoms with Crippen LogP contribution in [0.15, 0.2) is 24.3 Å². The van der Waals surface area contributed by atoms with E-state index in [0.717, 1.165) is 5.56 Å². The van der Waals surface area contributed by atoms with Crippen LogP contribution in [0.2, 0.25) is 0 Å². The van der Waals surface area contributed by atoms with Crippen molar-refractivity contribution in [1.82, 2.24) is 15.1 Å². The third-order valence-corrected chi connectivity index (χ3v) is 4.64. The number of nitrogens with one attached hydrogen (secondary N) is 1. The number of imide groups is 1. The van der Waals surface area contributed by atoms with E-state index in [-0.39, 0.29) is 24.8 Å². The van der Waals surface area contributed by atoms with E-state index in [9.17, 15) is 14.4 Å². The summed E-state index contributed by atoms with van der Waals surface area (Å²) in [5, 5.41) is 2.67. The highest BCUT2D eigenvalue weighted by Crippen LogP contribution is 2.22. The highest BCUT2D eigenvalue weighted by molar-refractivity contribution is 6.04. The van der Waals surface area contributed by atoms with Gasteiger partial charge in [-0.2, -0.15) is 0 Å². The Balaban J connectivity index is 1.57. The van der Waals surface area contributed by atoms with E-state index in [4.69, 9.17) is 9.47 Å². The van der Waals surface area contributed by atoms with Gasteiger partial charge < -0.3 is 19.7 Å². The molecule has 0 saturated carbocycles. The highest BCUT2D eigenvalue weighted by Gasteiger charge is 2.38. The van der Waals surface area contributed by atoms with Crippen molar-refractivity contribution in [3.8, 4) is 5.75 Å². The minimum absolute atomic E-state index is 0.0153. The van der Waals surface area contributed by atoms with E-state index in [1.807, 2.05) is 18.2 Å². The number of para-hydroxylation sites is 1. The lowest BCUT2D eigenvalue weighted by Crippen LogP contribution is -2.41. The molecule has 0 unspecified atom stereocenters. The minimum atomic E-state index is -0.665. The molecule has 4 amide bonds. The molecule has 1 aromatic rings. The lowest BCUT2D eigenvalue weighted by molar-refractivity contribution is -0.135. The maximum Gasteiger partial charge on any atom is 0.325 e. The number of urea groups is 1. The summed E-state index contributed by atoms with van der Waals surface area (Å²) in [6.07, 6.45) is 0.516. The third-order valence-electron chi connectivity index (χ3n) is 4.64. The first-order chi connectivity index (χ1) is 12.6. The number of morpholine rings is 1. The van der Waals surface area contributed by atoms with Crippen molar-refractivity contribution in [3.05, 3.63) is 29.8 Å². The molecule has 140 valence electrons. The number of nitrogens with zero attached hydrogens (tertiary/aromatic N) is 2. The molecule has 2 fully saturated rings. The second kappa shape index (κ2) is 8.18. The summed E-state index contributed by atoms with van der Waals surface area (Å²) in [7, 11) is 1.55. The molecule has 2 heterocycles. The second-order valence-electron chi connectivity index (χ2n) is 6.27. The first kappa shape index (κ1) is 18.2. The van der Waals surface area contributed by atoms with Crippen LogP contribution in [0.1, 0.15) is 18.4 Å². The molecule has 0 bridgehead atoms. The summed E-state index contributed by atoms with van der Waals surface area (Å²) in [6, 6.07) is 6.15. The Morgan fingerprint density at radius 3 is 2.73 bits per heavy atom. The Morgan fingerprint density at radius 1 is 1.27 bits per heavy atom. The van der Waals surface area contributed by atoms with Gasteiger partial charge in [0.1, 0.15) is 11.8 Å². The summed E-state index contributed by atoms with van der Waals surface area (Å²) < 4.78 is 10.5. The highest BCUT2D eigenvalue weighted by atomic mass is 16.5. The average Bonchev–Trinajstić information content (AvgIpc) is 2.94. The Hall–Kier alpha value is -2.61. The molecule has 26 heavy (non-hydrogen) atoms. The van der Waals surface area contributed by atoms with Gasteiger partial charge in [0, 0.05) is 25.1 Å². The van der Waals surface area contributed by atoms with Crippen LogP contribution < -0.4 is 10.1 Å². The van der Waals surface area contributed by atoms with Crippen LogP contribution in [0.25, 0.3) is 0 Å². The molecule has 0 radical (unpaired) electrons. The number of hydrogen-bond donors (Lipinski definition) is 1. The van der Waals surface area contributed by atoms with Crippen molar-refractivity contribution in [1.29, 1.82) is 0 Å². The zero-order chi connectivity index (χ0) is 18.5. The fourth-order valence-corrected chi connectivity index (χ4v) is 3.16. The van der Waals surface area contributed by atoms with Gasteiger partial charge in [-0.3, -0.25) is 14.5 Å². The average molecular weight is 361 g/mol. The van der Waals surface area contributed by atoms with Crippen molar-refractivity contribution in [2.45, 2.75) is 25.4 Å². The molecular formula is C18H23N3O5. The van der Waals surface area contributed by atoms with Crippen molar-refractivity contribution in [3.63, 3.8) is 0 Å². The maximum atomic E-state index is 12.6. The fourth-order valence-electron chi connectivity index (χ4n) is 3.16. The number of ether oxygens (including phenoxy) is 2. The largest absolute Gasteiger partial charge is 0.496 e. The number of carbonyl (C=O) groups excluding carboxylic acids is 3. The van der Waals surface area contributed by atoms with Gasteiger partial charge in [-0.05, 0) is 12.5 Å². The van der Waals surface area contributed by atoms with Crippen LogP contribution in [0.4, 0.5) is 4.79 Å². The molecule has 1 aromatic carbocycles. The number of carbonyl (C=O) groups is 3. The van der Waals surface area contributed by atoms with Crippen LogP contribution in [0.3, 0.4) is 0 Å². The van der Waals surface area contributed by atoms with Crippen molar-refractivity contribution in [2.75, 3.05) is 33.4 Å². The first-order valence-electron chi connectivity index (χ1n) is 8.69. The fraction of sp³-hybridized carbons (Fsp3) is 0.500. The quantitative estimate of drug-likeness (QED) is 0.756. The number of rotatable bonds is 6. The van der Waals surface area contributed by atoms with Crippen LogP contribution in [-0.4, -0.2) is 67.1 Å². The van der Waals surface area contributed by atoms with Gasteiger partial charge in [-0.25, -0.2) is 4.79 Å². The Bertz CT molecular complexity index is 687. The molecule has 8 nitrogen and oxygen atoms in total. The van der Waals surface area contributed by atoms with E-state index in [0.29, 0.717) is 38.5 Å². The zero-order valence-electron chi connectivity index (χ0n) is 14.8. The predicted octanol–water partition coefficient (Wildman–Crippen LogP) is 0.755. The number of benzene rings is 1. The van der Waals surface area contributed by atoms with Gasteiger partial charge >= 0.3 is 6.03 Å². The molecule has 2 saturated heterocycles. The summed E-state index contributed by atoms with van der Waals surface area (Å²) in [5.41, 5.74) is 0.753. The van der Waals surface area contributed by atoms with E-state index in [1.54, 1.807) is 18.1 Å². The normalized spacial score (nSPS) is 20.3. The second-order valence-corrected chi connectivity index (χ2v) is 6.27. The van der Waals surface area contributed by atoms with Gasteiger partial charge in [0.05, 0.1) is 26.9 Å². The van der Waals surface area contributed by atoms with Gasteiger partial charge in [0.2, 0.25) is 5.91 Å². The number of amides is 4. The zero-order valence-corrected chi connectivity index (χ0v) is 14.8. The Labute approximate surface area is 152 Å². The lowest BCUT2D eigenvalue weighted by Gasteiger charge is -2.27. The molecule has 0 aromatic heterocycles. The minimum Gasteiger partial charge on any atom is -0.496 e. The Morgan fingerprint density at radius 2 is 2.00 bits per heavy atom.